The van der Waals surface area contributed by atoms with Crippen LogP contribution in [0.1, 0.15) is 24.2 Å². The number of carbonyl (C=O) groups excluding carboxylic acids is 1. The standard InChI is InChI=1S/C19H21O5P/c1-15(20)24-18(16-10-6-4-7-11-16)14-19(25(21,22-2)23-3)17-12-8-5-9-13-17/h4-14,18H,1-3H3/b19-14+. The number of rotatable bonds is 7. The summed E-state index contributed by atoms with van der Waals surface area (Å²) in [5.41, 5.74) is 1.42. The van der Waals surface area contributed by atoms with Gasteiger partial charge in [0.2, 0.25) is 0 Å². The first-order chi connectivity index (χ1) is 12.0. The summed E-state index contributed by atoms with van der Waals surface area (Å²) in [6, 6.07) is 18.3. The molecule has 0 saturated carbocycles. The van der Waals surface area contributed by atoms with Crippen molar-refractivity contribution in [1.82, 2.24) is 0 Å². The Bertz CT molecular complexity index is 763. The van der Waals surface area contributed by atoms with Crippen LogP contribution in [0.2, 0.25) is 0 Å². The highest BCUT2D eigenvalue weighted by Gasteiger charge is 2.30. The van der Waals surface area contributed by atoms with Crippen molar-refractivity contribution in [2.24, 2.45) is 0 Å². The maximum Gasteiger partial charge on any atom is 0.361 e. The van der Waals surface area contributed by atoms with Crippen molar-refractivity contribution in [2.45, 2.75) is 13.0 Å². The Morgan fingerprint density at radius 1 is 0.960 bits per heavy atom. The van der Waals surface area contributed by atoms with E-state index in [4.69, 9.17) is 13.8 Å². The first kappa shape index (κ1) is 19.1. The number of esters is 1. The summed E-state index contributed by atoms with van der Waals surface area (Å²) in [5.74, 6) is -0.442. The Labute approximate surface area is 147 Å². The molecule has 0 aliphatic heterocycles. The molecule has 0 aromatic heterocycles. The molecular formula is C19H21O5P. The number of benzene rings is 2. The molecule has 2 aromatic carbocycles. The van der Waals surface area contributed by atoms with Crippen molar-refractivity contribution < 1.29 is 23.1 Å². The van der Waals surface area contributed by atoms with Crippen LogP contribution < -0.4 is 0 Å². The van der Waals surface area contributed by atoms with Crippen LogP contribution in [0.25, 0.3) is 5.31 Å². The molecule has 5 nitrogen and oxygen atoms in total. The van der Waals surface area contributed by atoms with Gasteiger partial charge < -0.3 is 13.8 Å². The van der Waals surface area contributed by atoms with E-state index in [2.05, 4.69) is 0 Å². The van der Waals surface area contributed by atoms with E-state index in [0.717, 1.165) is 5.56 Å². The van der Waals surface area contributed by atoms with Gasteiger partial charge >= 0.3 is 13.6 Å². The number of carbonyl (C=O) groups is 1. The molecule has 2 rings (SSSR count). The third-order valence-corrected chi connectivity index (χ3v) is 5.53. The summed E-state index contributed by atoms with van der Waals surface area (Å²) in [6.45, 7) is 1.33. The molecule has 6 heteroatoms. The molecule has 0 aliphatic rings. The highest BCUT2D eigenvalue weighted by molar-refractivity contribution is 7.65. The van der Waals surface area contributed by atoms with Crippen LogP contribution in [-0.4, -0.2) is 20.2 Å². The van der Waals surface area contributed by atoms with Gasteiger partial charge in [-0.1, -0.05) is 60.7 Å². The van der Waals surface area contributed by atoms with Gasteiger partial charge in [0, 0.05) is 21.1 Å². The lowest BCUT2D eigenvalue weighted by Crippen LogP contribution is -2.07. The van der Waals surface area contributed by atoms with Crippen LogP contribution in [0.15, 0.2) is 66.7 Å². The van der Waals surface area contributed by atoms with E-state index in [0.29, 0.717) is 10.9 Å². The molecule has 25 heavy (non-hydrogen) atoms. The zero-order valence-electron chi connectivity index (χ0n) is 14.4. The average Bonchev–Trinajstić information content (AvgIpc) is 2.65. The minimum absolute atomic E-state index is 0.341. The van der Waals surface area contributed by atoms with Gasteiger partial charge in [-0.2, -0.15) is 0 Å². The first-order valence-electron chi connectivity index (χ1n) is 7.71. The molecule has 0 radical (unpaired) electrons. The normalized spacial score (nSPS) is 13.3. The summed E-state index contributed by atoms with van der Waals surface area (Å²) in [6.07, 6.45) is 0.896. The van der Waals surface area contributed by atoms with Gasteiger partial charge in [-0.05, 0) is 17.2 Å². The zero-order valence-corrected chi connectivity index (χ0v) is 15.3. The number of hydrogen-bond acceptors (Lipinski definition) is 5. The van der Waals surface area contributed by atoms with Crippen LogP contribution in [-0.2, 0) is 23.1 Å². The quantitative estimate of drug-likeness (QED) is 0.523. The highest BCUT2D eigenvalue weighted by Crippen LogP contribution is 2.60. The molecule has 1 atom stereocenters. The van der Waals surface area contributed by atoms with E-state index in [-0.39, 0.29) is 0 Å². The first-order valence-corrected chi connectivity index (χ1v) is 9.26. The second-order valence-corrected chi connectivity index (χ2v) is 7.43. The Hall–Kier alpha value is -2.20. The van der Waals surface area contributed by atoms with Gasteiger partial charge in [-0.15, -0.1) is 0 Å². The SMILES string of the molecule is COP(=O)(OC)/C(=C/C(OC(C)=O)c1ccccc1)c1ccccc1. The summed E-state index contributed by atoms with van der Waals surface area (Å²) < 4.78 is 28.8. The van der Waals surface area contributed by atoms with Crippen LogP contribution in [0.5, 0.6) is 0 Å². The lowest BCUT2D eigenvalue weighted by atomic mass is 10.1. The molecule has 0 spiro atoms. The van der Waals surface area contributed by atoms with E-state index in [9.17, 15) is 9.36 Å². The summed E-state index contributed by atoms with van der Waals surface area (Å²) >= 11 is 0. The lowest BCUT2D eigenvalue weighted by Gasteiger charge is -2.21. The fourth-order valence-electron chi connectivity index (χ4n) is 2.39. The number of hydrogen-bond donors (Lipinski definition) is 0. The molecule has 0 N–H and O–H groups in total. The molecule has 0 bridgehead atoms. The van der Waals surface area contributed by atoms with Gasteiger partial charge in [0.25, 0.3) is 0 Å². The monoisotopic (exact) mass is 360 g/mol. The Morgan fingerprint density at radius 2 is 1.48 bits per heavy atom. The van der Waals surface area contributed by atoms with Crippen molar-refractivity contribution in [3.8, 4) is 0 Å². The molecule has 0 saturated heterocycles. The maximum absolute atomic E-state index is 13.1. The minimum Gasteiger partial charge on any atom is -0.453 e. The topological polar surface area (TPSA) is 61.8 Å². The predicted molar refractivity (Wildman–Crippen MR) is 97.0 cm³/mol. The van der Waals surface area contributed by atoms with Gasteiger partial charge in [-0.3, -0.25) is 9.36 Å². The molecule has 1 unspecified atom stereocenters. The average molecular weight is 360 g/mol. The van der Waals surface area contributed by atoms with E-state index < -0.39 is 19.7 Å². The molecule has 132 valence electrons. The Morgan fingerprint density at radius 3 is 1.96 bits per heavy atom. The third-order valence-electron chi connectivity index (χ3n) is 3.58. The summed E-state index contributed by atoms with van der Waals surface area (Å²) in [5, 5.41) is 0.341. The van der Waals surface area contributed by atoms with E-state index in [1.165, 1.54) is 21.1 Å². The van der Waals surface area contributed by atoms with Crippen LogP contribution in [0, 0.1) is 0 Å². The van der Waals surface area contributed by atoms with Crippen molar-refractivity contribution in [3.05, 3.63) is 77.9 Å². The third kappa shape index (κ3) is 4.89. The Kier molecular flexibility index (Phi) is 6.71. The fourth-order valence-corrected chi connectivity index (χ4v) is 3.71. The largest absolute Gasteiger partial charge is 0.453 e. The fraction of sp³-hybridized carbons (Fsp3) is 0.211. The lowest BCUT2D eigenvalue weighted by molar-refractivity contribution is -0.144. The van der Waals surface area contributed by atoms with Crippen LogP contribution in [0.4, 0.5) is 0 Å². The van der Waals surface area contributed by atoms with Gasteiger partial charge in [0.05, 0.1) is 5.31 Å². The van der Waals surface area contributed by atoms with E-state index in [1.807, 2.05) is 48.5 Å². The summed E-state index contributed by atoms with van der Waals surface area (Å²) in [4.78, 5) is 11.6. The Balaban J connectivity index is 2.60. The smallest absolute Gasteiger partial charge is 0.361 e. The zero-order chi connectivity index (χ0) is 18.3. The van der Waals surface area contributed by atoms with Crippen molar-refractivity contribution >= 4 is 18.9 Å². The molecule has 0 aliphatic carbocycles. The summed E-state index contributed by atoms with van der Waals surface area (Å²) in [7, 11) is -0.913. The maximum atomic E-state index is 13.1. The van der Waals surface area contributed by atoms with Gasteiger partial charge in [0.15, 0.2) is 0 Å². The predicted octanol–water partition coefficient (Wildman–Crippen LogP) is 4.82. The number of ether oxygens (including phenoxy) is 1. The van der Waals surface area contributed by atoms with Crippen LogP contribution >= 0.6 is 7.60 Å². The van der Waals surface area contributed by atoms with Crippen molar-refractivity contribution in [2.75, 3.05) is 14.2 Å². The molecular weight excluding hydrogens is 339 g/mol. The molecule has 0 heterocycles. The minimum atomic E-state index is -3.56. The van der Waals surface area contributed by atoms with Crippen molar-refractivity contribution in [3.63, 3.8) is 0 Å². The van der Waals surface area contributed by atoms with E-state index in [1.54, 1.807) is 18.2 Å². The molecule has 0 amide bonds. The van der Waals surface area contributed by atoms with Gasteiger partial charge in [-0.25, -0.2) is 0 Å². The molecule has 0 fully saturated rings. The highest BCUT2D eigenvalue weighted by atomic mass is 31.2. The molecule has 2 aromatic rings. The second-order valence-electron chi connectivity index (χ2n) is 5.22. The van der Waals surface area contributed by atoms with Crippen molar-refractivity contribution in [1.29, 1.82) is 0 Å². The van der Waals surface area contributed by atoms with Gasteiger partial charge in [0.1, 0.15) is 6.10 Å². The van der Waals surface area contributed by atoms with E-state index >= 15 is 0 Å². The van der Waals surface area contributed by atoms with Crippen LogP contribution in [0.3, 0.4) is 0 Å². The second kappa shape index (κ2) is 8.77.